The highest BCUT2D eigenvalue weighted by molar-refractivity contribution is 6.09. The average molecular weight is 368 g/mol. The van der Waals surface area contributed by atoms with Crippen LogP contribution in [0.2, 0.25) is 0 Å². The van der Waals surface area contributed by atoms with Crippen LogP contribution in [0.25, 0.3) is 4.85 Å². The second kappa shape index (κ2) is 6.37. The van der Waals surface area contributed by atoms with Crippen molar-refractivity contribution in [3.05, 3.63) is 46.5 Å². The van der Waals surface area contributed by atoms with E-state index >= 15 is 0 Å². The number of allylic oxidation sites excluding steroid dienone is 6. The lowest BCUT2D eigenvalue weighted by Gasteiger charge is -2.56. The van der Waals surface area contributed by atoms with E-state index in [-0.39, 0.29) is 28.8 Å². The summed E-state index contributed by atoms with van der Waals surface area (Å²) in [6.45, 7) is 14.9. The van der Waals surface area contributed by atoms with Gasteiger partial charge in [-0.05, 0) is 55.2 Å². The number of carbonyl (C=O) groups is 2. The van der Waals surface area contributed by atoms with E-state index in [2.05, 4.69) is 28.5 Å². The van der Waals surface area contributed by atoms with Crippen LogP contribution in [0.1, 0.15) is 40.5 Å². The highest BCUT2D eigenvalue weighted by Crippen LogP contribution is 2.63. The van der Waals surface area contributed by atoms with Gasteiger partial charge < -0.3 is 4.79 Å². The summed E-state index contributed by atoms with van der Waals surface area (Å²) in [4.78, 5) is 28.8. The summed E-state index contributed by atoms with van der Waals surface area (Å²) in [5, 5.41) is 9.39. The van der Waals surface area contributed by atoms with Crippen molar-refractivity contribution in [2.45, 2.75) is 40.5 Å². The van der Waals surface area contributed by atoms with Gasteiger partial charge in [0.1, 0.15) is 6.07 Å². The molecule has 0 bridgehead atoms. The Kier molecular flexibility index (Phi) is 4.42. The molecule has 0 radical (unpaired) electrons. The van der Waals surface area contributed by atoms with Gasteiger partial charge in [-0.3, -0.25) is 4.79 Å². The zero-order chi connectivity index (χ0) is 20.7. The van der Waals surface area contributed by atoms with Crippen LogP contribution in [0.3, 0.4) is 0 Å². The summed E-state index contributed by atoms with van der Waals surface area (Å²) in [5.74, 6) is 10.9. The third kappa shape index (κ3) is 2.54. The van der Waals surface area contributed by atoms with Gasteiger partial charge in [-0.15, -0.1) is 0 Å². The van der Waals surface area contributed by atoms with Crippen LogP contribution in [0.4, 0.5) is 0 Å². The number of ketones is 2. The lowest BCUT2D eigenvalue weighted by Crippen LogP contribution is -2.53. The summed E-state index contributed by atoms with van der Waals surface area (Å²) in [6.07, 6.45) is 6.15. The highest BCUT2D eigenvalue weighted by Gasteiger charge is 2.59. The normalized spacial score (nSPS) is 32.4. The maximum Gasteiger partial charge on any atom is 0.226 e. The van der Waals surface area contributed by atoms with Gasteiger partial charge in [-0.2, -0.15) is 5.26 Å². The SMILES string of the molecule is [C-]#[N+]C1=CC2(C)C3=CC(=O)C(C#N)=CC3(C#CC#CC)CCC2C(C)(C)C1=O. The van der Waals surface area contributed by atoms with Crippen molar-refractivity contribution < 1.29 is 9.59 Å². The molecule has 3 rings (SSSR count). The standard InChI is InChI=1S/C24H20N2O2/c1-6-7-8-10-24-11-9-19-22(2,3)21(28)17(26-5)14-23(19,4)20(24)12-18(27)16(13-24)15-25/h12-14,19H,9,11H2,1-4H3. The molecular formula is C24H20N2O2. The molecule has 1 fully saturated rings. The third-order valence-electron chi connectivity index (χ3n) is 6.38. The van der Waals surface area contributed by atoms with Crippen molar-refractivity contribution >= 4 is 11.6 Å². The molecule has 4 nitrogen and oxygen atoms in total. The van der Waals surface area contributed by atoms with Crippen LogP contribution >= 0.6 is 0 Å². The first-order chi connectivity index (χ1) is 13.2. The van der Waals surface area contributed by atoms with Crippen molar-refractivity contribution in [2.24, 2.45) is 22.2 Å². The number of Topliss-reactive ketones (excluding diaryl/α,β-unsaturated/α-hetero) is 1. The first kappa shape index (κ1) is 19.4. The number of carbonyl (C=O) groups excluding carboxylic acids is 2. The van der Waals surface area contributed by atoms with E-state index in [1.165, 1.54) is 6.08 Å². The van der Waals surface area contributed by atoms with Gasteiger partial charge in [-0.1, -0.05) is 38.7 Å². The van der Waals surface area contributed by atoms with E-state index in [1.54, 1.807) is 19.1 Å². The van der Waals surface area contributed by atoms with Crippen LogP contribution in [-0.2, 0) is 9.59 Å². The average Bonchev–Trinajstić information content (AvgIpc) is 2.65. The fourth-order valence-electron chi connectivity index (χ4n) is 5.10. The molecule has 3 aliphatic rings. The maximum absolute atomic E-state index is 12.8. The van der Waals surface area contributed by atoms with Crippen LogP contribution in [0, 0.1) is 63.7 Å². The Morgan fingerprint density at radius 2 is 1.93 bits per heavy atom. The number of hydrogen-bond donors (Lipinski definition) is 0. The Balaban J connectivity index is 2.32. The van der Waals surface area contributed by atoms with E-state index in [9.17, 15) is 14.9 Å². The zero-order valence-corrected chi connectivity index (χ0v) is 16.4. The quantitative estimate of drug-likeness (QED) is 0.483. The fourth-order valence-corrected chi connectivity index (χ4v) is 5.10. The predicted octanol–water partition coefficient (Wildman–Crippen LogP) is 3.79. The first-order valence-electron chi connectivity index (χ1n) is 9.15. The Morgan fingerprint density at radius 1 is 1.21 bits per heavy atom. The van der Waals surface area contributed by atoms with Crippen molar-refractivity contribution in [2.75, 3.05) is 0 Å². The van der Waals surface area contributed by atoms with Crippen LogP contribution < -0.4 is 0 Å². The summed E-state index contributed by atoms with van der Waals surface area (Å²) >= 11 is 0. The minimum atomic E-state index is -0.797. The lowest BCUT2D eigenvalue weighted by molar-refractivity contribution is -0.130. The molecule has 0 aromatic carbocycles. The molecule has 0 saturated heterocycles. The van der Waals surface area contributed by atoms with Crippen molar-refractivity contribution in [3.63, 3.8) is 0 Å². The van der Waals surface area contributed by atoms with Crippen LogP contribution in [0.5, 0.6) is 0 Å². The lowest BCUT2D eigenvalue weighted by atomic mass is 9.46. The molecule has 0 amide bonds. The number of fused-ring (bicyclic) bond motifs is 3. The molecule has 3 atom stereocenters. The Labute approximate surface area is 165 Å². The molecule has 0 spiro atoms. The molecule has 0 heterocycles. The second-order valence-corrected chi connectivity index (χ2v) is 8.25. The van der Waals surface area contributed by atoms with Gasteiger partial charge in [0.15, 0.2) is 11.6 Å². The number of nitrogens with zero attached hydrogens (tertiary/aromatic N) is 2. The zero-order valence-electron chi connectivity index (χ0n) is 16.4. The van der Waals surface area contributed by atoms with Gasteiger partial charge in [0.25, 0.3) is 0 Å². The van der Waals surface area contributed by atoms with Gasteiger partial charge in [-0.25, -0.2) is 4.85 Å². The Bertz CT molecular complexity index is 1100. The fraction of sp³-hybridized carbons (Fsp3) is 0.417. The molecule has 1 saturated carbocycles. The predicted molar refractivity (Wildman–Crippen MR) is 105 cm³/mol. The number of hydrogen-bond acceptors (Lipinski definition) is 3. The van der Waals surface area contributed by atoms with Crippen LogP contribution in [0.15, 0.2) is 35.1 Å². The number of rotatable bonds is 0. The molecule has 3 unspecified atom stereocenters. The Hall–Kier alpha value is -3.34. The van der Waals surface area contributed by atoms with Crippen molar-refractivity contribution in [1.82, 2.24) is 0 Å². The van der Waals surface area contributed by atoms with Gasteiger partial charge in [0, 0.05) is 10.8 Å². The molecular weight excluding hydrogens is 348 g/mol. The summed E-state index contributed by atoms with van der Waals surface area (Å²) in [5.41, 5.74) is -1.28. The molecule has 28 heavy (non-hydrogen) atoms. The molecule has 0 aromatic rings. The molecule has 138 valence electrons. The van der Waals surface area contributed by atoms with Crippen LogP contribution in [-0.4, -0.2) is 11.6 Å². The topological polar surface area (TPSA) is 62.3 Å². The van der Waals surface area contributed by atoms with Crippen molar-refractivity contribution in [3.8, 4) is 29.8 Å². The first-order valence-corrected chi connectivity index (χ1v) is 9.15. The smallest absolute Gasteiger partial charge is 0.226 e. The summed E-state index contributed by atoms with van der Waals surface area (Å²) in [7, 11) is 0. The van der Waals surface area contributed by atoms with Crippen molar-refractivity contribution in [1.29, 1.82) is 5.26 Å². The minimum Gasteiger partial charge on any atom is -0.307 e. The Morgan fingerprint density at radius 3 is 2.54 bits per heavy atom. The van der Waals surface area contributed by atoms with Gasteiger partial charge in [0.05, 0.1) is 17.6 Å². The van der Waals surface area contributed by atoms with Gasteiger partial charge >= 0.3 is 0 Å². The van der Waals surface area contributed by atoms with E-state index in [4.69, 9.17) is 6.57 Å². The summed E-state index contributed by atoms with van der Waals surface area (Å²) < 4.78 is 0. The van der Waals surface area contributed by atoms with E-state index < -0.39 is 16.2 Å². The summed E-state index contributed by atoms with van der Waals surface area (Å²) in [6, 6.07) is 1.97. The maximum atomic E-state index is 12.8. The monoisotopic (exact) mass is 368 g/mol. The van der Waals surface area contributed by atoms with E-state index in [0.29, 0.717) is 12.8 Å². The molecule has 0 N–H and O–H groups in total. The third-order valence-corrected chi connectivity index (χ3v) is 6.38. The van der Waals surface area contributed by atoms with E-state index in [1.807, 2.05) is 26.8 Å². The number of nitriles is 1. The van der Waals surface area contributed by atoms with E-state index in [0.717, 1.165) is 5.57 Å². The second-order valence-electron chi connectivity index (χ2n) is 8.25. The molecule has 0 aliphatic heterocycles. The van der Waals surface area contributed by atoms with Gasteiger partial charge in [0.2, 0.25) is 5.70 Å². The molecule has 3 aliphatic carbocycles. The molecule has 4 heteroatoms. The highest BCUT2D eigenvalue weighted by atomic mass is 16.1. The largest absolute Gasteiger partial charge is 0.307 e. The molecule has 0 aromatic heterocycles. The minimum absolute atomic E-state index is 0.0683.